The van der Waals surface area contributed by atoms with Crippen molar-refractivity contribution in [1.82, 2.24) is 4.57 Å². The summed E-state index contributed by atoms with van der Waals surface area (Å²) in [5.41, 5.74) is 2.06. The molecule has 0 unspecified atom stereocenters. The number of ether oxygens (including phenoxy) is 2. The number of rotatable bonds is 5. The van der Waals surface area contributed by atoms with Crippen LogP contribution in [0.1, 0.15) is 35.6 Å². The van der Waals surface area contributed by atoms with E-state index in [1.807, 2.05) is 6.92 Å². The van der Waals surface area contributed by atoms with Gasteiger partial charge in [-0.2, -0.15) is 0 Å². The molecule has 1 rings (SSSR count). The average molecular weight is 253 g/mol. The third kappa shape index (κ3) is 3.12. The Morgan fingerprint density at radius 2 is 1.78 bits per heavy atom. The van der Waals surface area contributed by atoms with Gasteiger partial charge in [-0.05, 0) is 33.8 Å². The van der Waals surface area contributed by atoms with E-state index in [2.05, 4.69) is 0 Å². The first-order chi connectivity index (χ1) is 8.51. The lowest BCUT2D eigenvalue weighted by molar-refractivity contribution is -0.143. The summed E-state index contributed by atoms with van der Waals surface area (Å²) < 4.78 is 11.6. The molecule has 0 aromatic carbocycles. The van der Waals surface area contributed by atoms with E-state index in [1.165, 1.54) is 0 Å². The third-order valence-corrected chi connectivity index (χ3v) is 2.66. The lowest BCUT2D eigenvalue weighted by Gasteiger charge is -2.08. The van der Waals surface area contributed by atoms with Crippen LogP contribution < -0.4 is 0 Å². The van der Waals surface area contributed by atoms with Crippen molar-refractivity contribution >= 4 is 11.9 Å². The SMILES string of the molecule is CCOC(=O)Cn1c(C)cc(C(=O)OCC)c1C. The molecule has 0 saturated heterocycles. The monoisotopic (exact) mass is 253 g/mol. The van der Waals surface area contributed by atoms with Crippen molar-refractivity contribution in [3.63, 3.8) is 0 Å². The number of carbonyl (C=O) groups is 2. The Labute approximate surface area is 107 Å². The maximum atomic E-state index is 11.7. The first kappa shape index (κ1) is 14.3. The van der Waals surface area contributed by atoms with Crippen LogP contribution in [0.25, 0.3) is 0 Å². The minimum absolute atomic E-state index is 0.116. The lowest BCUT2D eigenvalue weighted by atomic mass is 10.2. The first-order valence-corrected chi connectivity index (χ1v) is 6.00. The van der Waals surface area contributed by atoms with Crippen molar-refractivity contribution in [1.29, 1.82) is 0 Å². The van der Waals surface area contributed by atoms with Gasteiger partial charge in [-0.25, -0.2) is 4.79 Å². The van der Waals surface area contributed by atoms with Crippen LogP contribution in [0, 0.1) is 13.8 Å². The molecule has 0 aliphatic rings. The maximum absolute atomic E-state index is 11.7. The predicted octanol–water partition coefficient (Wildman–Crippen LogP) is 1.84. The maximum Gasteiger partial charge on any atom is 0.339 e. The first-order valence-electron chi connectivity index (χ1n) is 6.00. The van der Waals surface area contributed by atoms with E-state index in [9.17, 15) is 9.59 Å². The fraction of sp³-hybridized carbons (Fsp3) is 0.538. The van der Waals surface area contributed by atoms with Crippen molar-refractivity contribution in [3.8, 4) is 0 Å². The van der Waals surface area contributed by atoms with Crippen molar-refractivity contribution in [2.75, 3.05) is 13.2 Å². The largest absolute Gasteiger partial charge is 0.465 e. The molecule has 0 amide bonds. The standard InChI is InChI=1S/C13H19NO4/c1-5-17-12(15)8-14-9(3)7-11(10(14)4)13(16)18-6-2/h7H,5-6,8H2,1-4H3. The molecule has 0 N–H and O–H groups in total. The van der Waals surface area contributed by atoms with E-state index >= 15 is 0 Å². The molecule has 0 radical (unpaired) electrons. The number of hydrogen-bond acceptors (Lipinski definition) is 4. The number of esters is 2. The molecule has 1 heterocycles. The number of aryl methyl sites for hydroxylation is 1. The Balaban J connectivity index is 2.94. The summed E-state index contributed by atoms with van der Waals surface area (Å²) in [6.07, 6.45) is 0. The highest BCUT2D eigenvalue weighted by Gasteiger charge is 2.18. The van der Waals surface area contributed by atoms with E-state index in [4.69, 9.17) is 9.47 Å². The van der Waals surface area contributed by atoms with Crippen LogP contribution in [0.2, 0.25) is 0 Å². The van der Waals surface area contributed by atoms with Gasteiger partial charge >= 0.3 is 11.9 Å². The molecule has 1 aromatic heterocycles. The van der Waals surface area contributed by atoms with Crippen LogP contribution in [0.15, 0.2) is 6.07 Å². The second kappa shape index (κ2) is 6.23. The number of carbonyl (C=O) groups excluding carboxylic acids is 2. The van der Waals surface area contributed by atoms with E-state index in [0.717, 1.165) is 11.4 Å². The molecular weight excluding hydrogens is 234 g/mol. The number of hydrogen-bond donors (Lipinski definition) is 0. The Morgan fingerprint density at radius 3 is 2.33 bits per heavy atom. The van der Waals surface area contributed by atoms with Crippen molar-refractivity contribution < 1.29 is 19.1 Å². The van der Waals surface area contributed by atoms with Gasteiger partial charge in [-0.3, -0.25) is 4.79 Å². The van der Waals surface area contributed by atoms with Gasteiger partial charge in [-0.1, -0.05) is 0 Å². The Hall–Kier alpha value is -1.78. The van der Waals surface area contributed by atoms with Gasteiger partial charge in [0.1, 0.15) is 6.54 Å². The van der Waals surface area contributed by atoms with Gasteiger partial charge in [0.05, 0.1) is 18.8 Å². The molecule has 0 bridgehead atoms. The summed E-state index contributed by atoms with van der Waals surface area (Å²) in [5, 5.41) is 0. The van der Waals surface area contributed by atoms with Gasteiger partial charge in [-0.15, -0.1) is 0 Å². The van der Waals surface area contributed by atoms with Crippen molar-refractivity contribution in [3.05, 3.63) is 23.0 Å². The minimum Gasteiger partial charge on any atom is -0.465 e. The summed E-state index contributed by atoms with van der Waals surface area (Å²) >= 11 is 0. The molecule has 5 nitrogen and oxygen atoms in total. The highest BCUT2D eigenvalue weighted by molar-refractivity contribution is 5.91. The van der Waals surface area contributed by atoms with Gasteiger partial charge in [0.25, 0.3) is 0 Å². The summed E-state index contributed by atoms with van der Waals surface area (Å²) in [6.45, 7) is 7.95. The summed E-state index contributed by atoms with van der Waals surface area (Å²) in [6, 6.07) is 1.73. The normalized spacial score (nSPS) is 10.2. The van der Waals surface area contributed by atoms with Crippen molar-refractivity contribution in [2.24, 2.45) is 0 Å². The van der Waals surface area contributed by atoms with Crippen LogP contribution in [0.4, 0.5) is 0 Å². The number of aromatic nitrogens is 1. The summed E-state index contributed by atoms with van der Waals surface area (Å²) in [7, 11) is 0. The van der Waals surface area contributed by atoms with Gasteiger partial charge < -0.3 is 14.0 Å². The fourth-order valence-corrected chi connectivity index (χ4v) is 1.80. The van der Waals surface area contributed by atoms with E-state index in [-0.39, 0.29) is 18.5 Å². The molecule has 0 atom stereocenters. The molecule has 0 aliphatic carbocycles. The van der Waals surface area contributed by atoms with Crippen molar-refractivity contribution in [2.45, 2.75) is 34.2 Å². The van der Waals surface area contributed by atoms with E-state index in [0.29, 0.717) is 18.8 Å². The smallest absolute Gasteiger partial charge is 0.339 e. The molecule has 18 heavy (non-hydrogen) atoms. The Morgan fingerprint density at radius 1 is 1.17 bits per heavy atom. The Kier molecular flexibility index (Phi) is 4.95. The number of nitrogens with zero attached hydrogens (tertiary/aromatic N) is 1. The predicted molar refractivity (Wildman–Crippen MR) is 66.5 cm³/mol. The highest BCUT2D eigenvalue weighted by Crippen LogP contribution is 2.16. The highest BCUT2D eigenvalue weighted by atomic mass is 16.5. The summed E-state index contributed by atoms with van der Waals surface area (Å²) in [4.78, 5) is 23.2. The van der Waals surface area contributed by atoms with E-state index < -0.39 is 0 Å². The molecular formula is C13H19NO4. The second-order valence-electron chi connectivity index (χ2n) is 3.90. The van der Waals surface area contributed by atoms with Crippen LogP contribution in [0.5, 0.6) is 0 Å². The van der Waals surface area contributed by atoms with Gasteiger partial charge in [0.15, 0.2) is 0 Å². The molecule has 100 valence electrons. The lowest BCUT2D eigenvalue weighted by Crippen LogP contribution is -2.16. The van der Waals surface area contributed by atoms with Crippen LogP contribution >= 0.6 is 0 Å². The minimum atomic E-state index is -0.360. The molecule has 0 saturated carbocycles. The molecule has 0 aliphatic heterocycles. The topological polar surface area (TPSA) is 57.5 Å². The van der Waals surface area contributed by atoms with Crippen LogP contribution in [-0.4, -0.2) is 29.7 Å². The fourth-order valence-electron chi connectivity index (χ4n) is 1.80. The van der Waals surface area contributed by atoms with Gasteiger partial charge in [0.2, 0.25) is 0 Å². The third-order valence-electron chi connectivity index (χ3n) is 2.66. The molecule has 0 spiro atoms. The van der Waals surface area contributed by atoms with Crippen LogP contribution in [0.3, 0.4) is 0 Å². The zero-order chi connectivity index (χ0) is 13.7. The second-order valence-corrected chi connectivity index (χ2v) is 3.90. The zero-order valence-corrected chi connectivity index (χ0v) is 11.3. The summed E-state index contributed by atoms with van der Waals surface area (Å²) in [5.74, 6) is -0.671. The van der Waals surface area contributed by atoms with Gasteiger partial charge in [0, 0.05) is 11.4 Å². The van der Waals surface area contributed by atoms with E-state index in [1.54, 1.807) is 31.4 Å². The Bertz CT molecular complexity index is 448. The average Bonchev–Trinajstić information content (AvgIpc) is 2.58. The van der Waals surface area contributed by atoms with Crippen LogP contribution in [-0.2, 0) is 20.8 Å². The zero-order valence-electron chi connectivity index (χ0n) is 11.3. The molecule has 5 heteroatoms. The molecule has 0 fully saturated rings. The molecule has 1 aromatic rings. The quantitative estimate of drug-likeness (QED) is 0.751.